The molecular weight excluding hydrogens is 376 g/mol. The summed E-state index contributed by atoms with van der Waals surface area (Å²) >= 11 is 0. The Balaban J connectivity index is 1.60. The number of nitrogens with zero attached hydrogens (tertiary/aromatic N) is 1. The quantitative estimate of drug-likeness (QED) is 0.642. The molecule has 0 N–H and O–H groups in total. The summed E-state index contributed by atoms with van der Waals surface area (Å²) in [7, 11) is 0. The maximum Gasteiger partial charge on any atom is 0.257 e. The van der Waals surface area contributed by atoms with E-state index in [4.69, 9.17) is 4.42 Å². The third-order valence-electron chi connectivity index (χ3n) is 6.19. The first-order chi connectivity index (χ1) is 13.9. The molecule has 2 atom stereocenters. The molecule has 2 aromatic carbocycles. The van der Waals surface area contributed by atoms with E-state index >= 15 is 0 Å². The fourth-order valence-electron chi connectivity index (χ4n) is 4.42. The molecule has 5 rings (SSSR count). The largest absolute Gasteiger partial charge is 0.455 e. The van der Waals surface area contributed by atoms with Crippen molar-refractivity contribution in [1.82, 2.24) is 4.90 Å². The third kappa shape index (κ3) is 2.69. The van der Waals surface area contributed by atoms with E-state index in [1.54, 1.807) is 25.1 Å². The van der Waals surface area contributed by atoms with Crippen LogP contribution in [0.4, 0.5) is 8.78 Å². The van der Waals surface area contributed by atoms with Crippen molar-refractivity contribution < 1.29 is 18.0 Å². The lowest BCUT2D eigenvalue weighted by molar-refractivity contribution is 0.0691. The van der Waals surface area contributed by atoms with Gasteiger partial charge in [0.25, 0.3) is 11.8 Å². The lowest BCUT2D eigenvalue weighted by atomic mass is 10.0. The van der Waals surface area contributed by atoms with Crippen LogP contribution in [0.3, 0.4) is 0 Å². The topological polar surface area (TPSA) is 50.5 Å². The number of carbonyl (C=O) groups is 1. The van der Waals surface area contributed by atoms with Gasteiger partial charge in [0.05, 0.1) is 10.9 Å². The number of benzene rings is 2. The molecule has 2 unspecified atom stereocenters. The summed E-state index contributed by atoms with van der Waals surface area (Å²) in [6.07, 6.45) is 0.298. The molecule has 3 aromatic rings. The third-order valence-corrected chi connectivity index (χ3v) is 6.19. The monoisotopic (exact) mass is 395 g/mol. The van der Waals surface area contributed by atoms with E-state index in [0.29, 0.717) is 23.1 Å². The number of carbonyl (C=O) groups excluding carboxylic acids is 1. The van der Waals surface area contributed by atoms with Gasteiger partial charge in [-0.05, 0) is 25.5 Å². The van der Waals surface area contributed by atoms with Gasteiger partial charge in [0.2, 0.25) is 0 Å². The molecule has 0 bridgehead atoms. The summed E-state index contributed by atoms with van der Waals surface area (Å²) in [4.78, 5) is 27.5. The molecular formula is C23H19F2NO3. The fraction of sp³-hybridized carbons (Fsp3) is 0.304. The molecule has 0 radical (unpaired) electrons. The second kappa shape index (κ2) is 6.24. The van der Waals surface area contributed by atoms with Crippen LogP contribution >= 0.6 is 0 Å². The highest BCUT2D eigenvalue weighted by molar-refractivity contribution is 6.05. The Morgan fingerprint density at radius 1 is 1.10 bits per heavy atom. The van der Waals surface area contributed by atoms with Gasteiger partial charge in [-0.2, -0.15) is 0 Å². The zero-order valence-electron chi connectivity index (χ0n) is 15.8. The summed E-state index contributed by atoms with van der Waals surface area (Å²) in [5.41, 5.74) is 1.44. The number of likely N-dealkylation sites (tertiary alicyclic amines) is 1. The standard InChI is InChI=1S/C23H19F2NO3/c1-13-19(27)15-8-5-9-16(21(15)29-20(13)14-6-3-2-4-7-14)22(28)26-11-10-17-18(12-26)23(17,24)25/h2-9,17-18H,10-12H2,1H3. The Kier molecular flexibility index (Phi) is 3.88. The second-order valence-corrected chi connectivity index (χ2v) is 7.86. The normalized spacial score (nSPS) is 22.4. The van der Waals surface area contributed by atoms with E-state index in [9.17, 15) is 18.4 Å². The number of hydrogen-bond acceptors (Lipinski definition) is 3. The van der Waals surface area contributed by atoms with E-state index in [1.165, 1.54) is 4.90 Å². The van der Waals surface area contributed by atoms with Crippen LogP contribution < -0.4 is 5.43 Å². The summed E-state index contributed by atoms with van der Waals surface area (Å²) in [6.45, 7) is 2.02. The van der Waals surface area contributed by atoms with Gasteiger partial charge in [0.1, 0.15) is 5.76 Å². The van der Waals surface area contributed by atoms with Crippen LogP contribution in [0.2, 0.25) is 0 Å². The number of fused-ring (bicyclic) bond motifs is 2. The average Bonchev–Trinajstić information content (AvgIpc) is 3.30. The van der Waals surface area contributed by atoms with Gasteiger partial charge in [0.15, 0.2) is 11.0 Å². The maximum absolute atomic E-state index is 13.7. The molecule has 1 aliphatic carbocycles. The highest BCUT2D eigenvalue weighted by atomic mass is 19.3. The number of piperidine rings is 1. The number of amides is 1. The summed E-state index contributed by atoms with van der Waals surface area (Å²) in [6, 6.07) is 14.1. The Labute approximate surface area is 165 Å². The van der Waals surface area contributed by atoms with E-state index in [1.807, 2.05) is 30.3 Å². The van der Waals surface area contributed by atoms with Crippen molar-refractivity contribution in [3.8, 4) is 11.3 Å². The molecule has 4 nitrogen and oxygen atoms in total. The van der Waals surface area contributed by atoms with Crippen molar-refractivity contribution in [2.45, 2.75) is 19.3 Å². The number of alkyl halides is 2. The van der Waals surface area contributed by atoms with Crippen molar-refractivity contribution in [2.75, 3.05) is 13.1 Å². The van der Waals surface area contributed by atoms with Crippen molar-refractivity contribution in [3.05, 3.63) is 69.9 Å². The van der Waals surface area contributed by atoms with Gasteiger partial charge in [-0.1, -0.05) is 36.4 Å². The van der Waals surface area contributed by atoms with Gasteiger partial charge < -0.3 is 9.32 Å². The molecule has 1 aromatic heterocycles. The number of halogens is 2. The zero-order valence-corrected chi connectivity index (χ0v) is 15.8. The average molecular weight is 395 g/mol. The van der Waals surface area contributed by atoms with Gasteiger partial charge in [-0.25, -0.2) is 8.78 Å². The molecule has 1 aliphatic heterocycles. The molecule has 2 heterocycles. The molecule has 29 heavy (non-hydrogen) atoms. The number of para-hydroxylation sites is 1. The molecule has 0 spiro atoms. The van der Waals surface area contributed by atoms with Crippen LogP contribution in [0, 0.1) is 18.8 Å². The van der Waals surface area contributed by atoms with Gasteiger partial charge in [-0.3, -0.25) is 9.59 Å². The first-order valence-corrected chi connectivity index (χ1v) is 9.68. The first-order valence-electron chi connectivity index (χ1n) is 9.68. The van der Waals surface area contributed by atoms with Crippen molar-refractivity contribution in [1.29, 1.82) is 0 Å². The Bertz CT molecular complexity index is 1190. The zero-order chi connectivity index (χ0) is 20.3. The Hall–Kier alpha value is -3.02. The van der Waals surface area contributed by atoms with Crippen molar-refractivity contribution >= 4 is 16.9 Å². The minimum absolute atomic E-state index is 0.0362. The summed E-state index contributed by atoms with van der Waals surface area (Å²) in [5.74, 6) is -4.00. The molecule has 1 saturated carbocycles. The lowest BCUT2D eigenvalue weighted by Crippen LogP contribution is -2.37. The second-order valence-electron chi connectivity index (χ2n) is 7.86. The number of hydrogen-bond donors (Lipinski definition) is 0. The highest BCUT2D eigenvalue weighted by Gasteiger charge is 2.69. The Morgan fingerprint density at radius 2 is 1.86 bits per heavy atom. The summed E-state index contributed by atoms with van der Waals surface area (Å²) in [5, 5.41) is 0.319. The molecule has 1 saturated heterocycles. The SMILES string of the molecule is Cc1c(-c2ccccc2)oc2c(C(=O)N3CCC4C(C3)C4(F)F)cccc2c1=O. The Morgan fingerprint density at radius 3 is 2.59 bits per heavy atom. The minimum Gasteiger partial charge on any atom is -0.455 e. The number of rotatable bonds is 2. The smallest absolute Gasteiger partial charge is 0.257 e. The minimum atomic E-state index is -2.67. The lowest BCUT2D eigenvalue weighted by Gasteiger charge is -2.25. The van der Waals surface area contributed by atoms with Crippen molar-refractivity contribution in [3.63, 3.8) is 0 Å². The van der Waals surface area contributed by atoms with Crippen LogP contribution in [0.15, 0.2) is 57.7 Å². The highest BCUT2D eigenvalue weighted by Crippen LogP contribution is 2.59. The fourth-order valence-corrected chi connectivity index (χ4v) is 4.42. The maximum atomic E-state index is 13.7. The van der Waals surface area contributed by atoms with E-state index in [0.717, 1.165) is 5.56 Å². The molecule has 2 fully saturated rings. The van der Waals surface area contributed by atoms with E-state index in [-0.39, 0.29) is 35.6 Å². The van der Waals surface area contributed by atoms with Crippen LogP contribution in [0.1, 0.15) is 22.3 Å². The van der Waals surface area contributed by atoms with Crippen LogP contribution in [0.25, 0.3) is 22.3 Å². The molecule has 2 aliphatic rings. The van der Waals surface area contributed by atoms with Gasteiger partial charge >= 0.3 is 0 Å². The van der Waals surface area contributed by atoms with Crippen LogP contribution in [0.5, 0.6) is 0 Å². The van der Waals surface area contributed by atoms with Gasteiger partial charge in [-0.15, -0.1) is 0 Å². The van der Waals surface area contributed by atoms with E-state index < -0.39 is 17.8 Å². The molecule has 1 amide bonds. The molecule has 148 valence electrons. The van der Waals surface area contributed by atoms with Crippen LogP contribution in [-0.4, -0.2) is 29.8 Å². The summed E-state index contributed by atoms with van der Waals surface area (Å²) < 4.78 is 33.6. The van der Waals surface area contributed by atoms with Crippen LogP contribution in [-0.2, 0) is 0 Å². The predicted molar refractivity (Wildman–Crippen MR) is 105 cm³/mol. The first kappa shape index (κ1) is 18.0. The van der Waals surface area contributed by atoms with Crippen molar-refractivity contribution in [2.24, 2.45) is 11.8 Å². The molecule has 6 heteroatoms. The van der Waals surface area contributed by atoms with E-state index in [2.05, 4.69) is 0 Å². The predicted octanol–water partition coefficient (Wildman–Crippen LogP) is 4.50. The van der Waals surface area contributed by atoms with Gasteiger partial charge in [0, 0.05) is 36.1 Å².